The first kappa shape index (κ1) is 9.65. The molecule has 0 heteroatoms. The highest BCUT2D eigenvalue weighted by Gasteiger charge is 2.26. The van der Waals surface area contributed by atoms with Crippen LogP contribution in [0.5, 0.6) is 0 Å². The topological polar surface area (TPSA) is 0 Å². The highest BCUT2D eigenvalue weighted by Crippen LogP contribution is 2.45. The molecule has 0 bridgehead atoms. The zero-order chi connectivity index (χ0) is 11.1. The van der Waals surface area contributed by atoms with Gasteiger partial charge in [-0.2, -0.15) is 0 Å². The van der Waals surface area contributed by atoms with Gasteiger partial charge >= 0.3 is 0 Å². The fraction of sp³-hybridized carbons (Fsp3) is 0.250. The predicted octanol–water partition coefficient (Wildman–Crippen LogP) is 4.57. The van der Waals surface area contributed by atoms with Crippen LogP contribution in [0.25, 0.3) is 11.1 Å². The summed E-state index contributed by atoms with van der Waals surface area (Å²) in [4.78, 5) is 0. The van der Waals surface area contributed by atoms with Gasteiger partial charge in [0, 0.05) is 0 Å². The van der Waals surface area contributed by atoms with Crippen molar-refractivity contribution in [1.29, 1.82) is 0 Å². The first-order valence-electron chi connectivity index (χ1n) is 5.97. The van der Waals surface area contributed by atoms with Crippen LogP contribution in [0, 0.1) is 0 Å². The average Bonchev–Trinajstić information content (AvgIpc) is 2.36. The Bertz CT molecular complexity index is 476. The van der Waals surface area contributed by atoms with Crippen molar-refractivity contribution in [2.24, 2.45) is 0 Å². The van der Waals surface area contributed by atoms with Crippen LogP contribution >= 0.6 is 0 Å². The molecule has 0 aliphatic heterocycles. The third-order valence-electron chi connectivity index (χ3n) is 3.94. The van der Waals surface area contributed by atoms with Crippen molar-refractivity contribution < 1.29 is 0 Å². The molecule has 0 heterocycles. The van der Waals surface area contributed by atoms with E-state index in [2.05, 4.69) is 62.4 Å². The lowest BCUT2D eigenvalue weighted by Crippen LogP contribution is -2.12. The summed E-state index contributed by atoms with van der Waals surface area (Å²) in [6.45, 7) is 4.67. The molecule has 0 radical (unpaired) electrons. The molecular formula is C16H16. The monoisotopic (exact) mass is 208 g/mol. The molecule has 1 aliphatic carbocycles. The molecule has 0 nitrogen and oxygen atoms in total. The second kappa shape index (κ2) is 3.48. The van der Waals surface area contributed by atoms with Crippen molar-refractivity contribution in [3.8, 4) is 11.1 Å². The lowest BCUT2D eigenvalue weighted by atomic mass is 9.73. The van der Waals surface area contributed by atoms with Crippen LogP contribution in [0.2, 0.25) is 0 Å². The number of fused-ring (bicyclic) bond motifs is 3. The van der Waals surface area contributed by atoms with E-state index >= 15 is 0 Å². The van der Waals surface area contributed by atoms with Crippen LogP contribution < -0.4 is 0 Å². The molecule has 0 saturated carbocycles. The van der Waals surface area contributed by atoms with Gasteiger partial charge in [-0.05, 0) is 34.1 Å². The van der Waals surface area contributed by atoms with Crippen molar-refractivity contribution in [3.63, 3.8) is 0 Å². The molecule has 2 aromatic carbocycles. The number of hydrogen-bond acceptors (Lipinski definition) is 0. The van der Waals surface area contributed by atoms with Crippen LogP contribution in [0.3, 0.4) is 0 Å². The molecule has 0 unspecified atom stereocenters. The van der Waals surface area contributed by atoms with Crippen LogP contribution in [0.4, 0.5) is 0 Å². The molecule has 80 valence electrons. The second-order valence-electron chi connectivity index (χ2n) is 4.75. The molecule has 2 aromatic rings. The van der Waals surface area contributed by atoms with E-state index in [9.17, 15) is 0 Å². The Hall–Kier alpha value is -1.56. The summed E-state index contributed by atoms with van der Waals surface area (Å²) < 4.78 is 0. The van der Waals surface area contributed by atoms with Gasteiger partial charge in [-0.25, -0.2) is 0 Å². The first-order valence-corrected chi connectivity index (χ1v) is 5.97. The Morgan fingerprint density at radius 2 is 1.00 bits per heavy atom. The molecule has 0 spiro atoms. The van der Waals surface area contributed by atoms with E-state index in [0.29, 0.717) is 11.8 Å². The maximum Gasteiger partial charge on any atom is -0.0118 e. The van der Waals surface area contributed by atoms with Gasteiger partial charge in [0.25, 0.3) is 0 Å². The lowest BCUT2D eigenvalue weighted by Gasteiger charge is -2.31. The number of hydrogen-bond donors (Lipinski definition) is 0. The van der Waals surface area contributed by atoms with Gasteiger partial charge in [0.2, 0.25) is 0 Å². The largest absolute Gasteiger partial charge is 0.0619 e. The Kier molecular flexibility index (Phi) is 2.10. The van der Waals surface area contributed by atoms with Gasteiger partial charge < -0.3 is 0 Å². The maximum absolute atomic E-state index is 2.33. The first-order chi connectivity index (χ1) is 7.79. The smallest absolute Gasteiger partial charge is 0.0118 e. The summed E-state index contributed by atoms with van der Waals surface area (Å²) >= 11 is 0. The number of rotatable bonds is 0. The van der Waals surface area contributed by atoms with E-state index in [0.717, 1.165) is 0 Å². The van der Waals surface area contributed by atoms with Gasteiger partial charge in [-0.1, -0.05) is 62.4 Å². The van der Waals surface area contributed by atoms with Crippen molar-refractivity contribution in [2.75, 3.05) is 0 Å². The fourth-order valence-electron chi connectivity index (χ4n) is 2.82. The Labute approximate surface area is 96.9 Å². The van der Waals surface area contributed by atoms with Crippen molar-refractivity contribution in [2.45, 2.75) is 25.7 Å². The SMILES string of the molecule is C[C@@H]1c2ccccc2-c2ccccc2[C@H]1C. The van der Waals surface area contributed by atoms with Gasteiger partial charge in [0.05, 0.1) is 0 Å². The van der Waals surface area contributed by atoms with Gasteiger partial charge in [-0.15, -0.1) is 0 Å². The predicted molar refractivity (Wildman–Crippen MR) is 68.7 cm³/mol. The minimum Gasteiger partial charge on any atom is -0.0619 e. The van der Waals surface area contributed by atoms with E-state index in [1.54, 1.807) is 0 Å². The van der Waals surface area contributed by atoms with Gasteiger partial charge in [0.15, 0.2) is 0 Å². The van der Waals surface area contributed by atoms with Crippen LogP contribution in [0.1, 0.15) is 36.8 Å². The molecule has 0 amide bonds. The molecular weight excluding hydrogens is 192 g/mol. The van der Waals surface area contributed by atoms with Gasteiger partial charge in [-0.3, -0.25) is 0 Å². The van der Waals surface area contributed by atoms with Crippen molar-refractivity contribution in [1.82, 2.24) is 0 Å². The fourth-order valence-corrected chi connectivity index (χ4v) is 2.82. The van der Waals surface area contributed by atoms with E-state index in [1.165, 1.54) is 22.3 Å². The van der Waals surface area contributed by atoms with Crippen LogP contribution in [-0.2, 0) is 0 Å². The third kappa shape index (κ3) is 1.23. The third-order valence-corrected chi connectivity index (χ3v) is 3.94. The minimum atomic E-state index is 0.617. The van der Waals surface area contributed by atoms with Crippen LogP contribution in [-0.4, -0.2) is 0 Å². The molecule has 0 saturated heterocycles. The van der Waals surface area contributed by atoms with E-state index in [4.69, 9.17) is 0 Å². The molecule has 16 heavy (non-hydrogen) atoms. The van der Waals surface area contributed by atoms with Crippen molar-refractivity contribution in [3.05, 3.63) is 59.7 Å². The summed E-state index contributed by atoms with van der Waals surface area (Å²) in [5.41, 5.74) is 5.83. The minimum absolute atomic E-state index is 0.617. The van der Waals surface area contributed by atoms with E-state index in [1.807, 2.05) is 0 Å². The highest BCUT2D eigenvalue weighted by molar-refractivity contribution is 5.74. The molecule has 0 aromatic heterocycles. The number of benzene rings is 2. The molecule has 3 rings (SSSR count). The zero-order valence-corrected chi connectivity index (χ0v) is 9.77. The Morgan fingerprint density at radius 1 is 0.625 bits per heavy atom. The maximum atomic E-state index is 2.33. The van der Waals surface area contributed by atoms with E-state index < -0.39 is 0 Å². The molecule has 0 fully saturated rings. The Balaban J connectivity index is 2.33. The summed E-state index contributed by atoms with van der Waals surface area (Å²) in [6, 6.07) is 17.6. The lowest BCUT2D eigenvalue weighted by molar-refractivity contribution is 0.616. The molecule has 2 atom stereocenters. The summed E-state index contributed by atoms with van der Waals surface area (Å²) in [6.07, 6.45) is 0. The average molecular weight is 208 g/mol. The zero-order valence-electron chi connectivity index (χ0n) is 9.77. The quantitative estimate of drug-likeness (QED) is 0.594. The normalized spacial score (nSPS) is 22.4. The van der Waals surface area contributed by atoms with Crippen LogP contribution in [0.15, 0.2) is 48.5 Å². The second-order valence-corrected chi connectivity index (χ2v) is 4.75. The Morgan fingerprint density at radius 3 is 1.44 bits per heavy atom. The van der Waals surface area contributed by atoms with E-state index in [-0.39, 0.29) is 0 Å². The summed E-state index contributed by atoms with van der Waals surface area (Å²) in [5, 5.41) is 0. The molecule has 1 aliphatic rings. The van der Waals surface area contributed by atoms with Crippen molar-refractivity contribution >= 4 is 0 Å². The summed E-state index contributed by atoms with van der Waals surface area (Å²) in [7, 11) is 0. The standard InChI is InChI=1S/C16H16/c1-11-12(2)14-8-4-6-10-16(14)15-9-5-3-7-13(11)15/h3-12H,1-2H3/t11-,12-/m0/s1. The molecule has 0 N–H and O–H groups in total. The van der Waals surface area contributed by atoms with Gasteiger partial charge in [0.1, 0.15) is 0 Å². The highest BCUT2D eigenvalue weighted by atomic mass is 14.3. The summed E-state index contributed by atoms with van der Waals surface area (Å²) in [5.74, 6) is 1.23.